The monoisotopic (exact) mass is 266 g/mol. The Hall–Kier alpha value is -1.46. The van der Waals surface area contributed by atoms with Crippen LogP contribution in [0.4, 0.5) is 4.39 Å². The van der Waals surface area contributed by atoms with E-state index < -0.39 is 0 Å². The first kappa shape index (κ1) is 13.0. The second kappa shape index (κ2) is 5.93. The van der Waals surface area contributed by atoms with Crippen molar-refractivity contribution in [2.24, 2.45) is 0 Å². The minimum Gasteiger partial charge on any atom is -0.496 e. The van der Waals surface area contributed by atoms with Crippen molar-refractivity contribution < 1.29 is 9.13 Å². The van der Waals surface area contributed by atoms with Crippen molar-refractivity contribution in [1.29, 1.82) is 0 Å². The Balaban J connectivity index is 2.36. The molecule has 0 saturated carbocycles. The van der Waals surface area contributed by atoms with Gasteiger partial charge < -0.3 is 10.1 Å². The molecule has 2 aromatic rings. The first-order valence-corrected chi connectivity index (χ1v) is 6.59. The number of ether oxygens (including phenoxy) is 1. The molecule has 18 heavy (non-hydrogen) atoms. The Kier molecular flexibility index (Phi) is 4.28. The number of thiophene rings is 1. The molecule has 0 fully saturated rings. The van der Waals surface area contributed by atoms with Crippen LogP contribution in [0.25, 0.3) is 0 Å². The van der Waals surface area contributed by atoms with E-state index in [1.165, 1.54) is 6.20 Å². The number of methoxy groups -OCH3 is 1. The molecule has 0 aliphatic rings. The molecule has 1 atom stereocenters. The fourth-order valence-electron chi connectivity index (χ4n) is 1.78. The fraction of sp³-hybridized carbons (Fsp3) is 0.308. The first-order valence-electron chi connectivity index (χ1n) is 5.71. The third-order valence-electron chi connectivity index (χ3n) is 2.64. The van der Waals surface area contributed by atoms with Gasteiger partial charge in [-0.2, -0.15) is 0 Å². The third kappa shape index (κ3) is 2.68. The van der Waals surface area contributed by atoms with Crippen LogP contribution in [-0.4, -0.2) is 18.6 Å². The van der Waals surface area contributed by atoms with E-state index in [2.05, 4.69) is 10.3 Å². The molecular weight excluding hydrogens is 251 g/mol. The molecule has 2 rings (SSSR count). The van der Waals surface area contributed by atoms with Crippen LogP contribution in [0.5, 0.6) is 5.75 Å². The minimum absolute atomic E-state index is 0.160. The van der Waals surface area contributed by atoms with E-state index in [9.17, 15) is 4.39 Å². The van der Waals surface area contributed by atoms with Gasteiger partial charge in [-0.25, -0.2) is 4.39 Å². The third-order valence-corrected chi connectivity index (χ3v) is 3.61. The highest BCUT2D eigenvalue weighted by Crippen LogP contribution is 2.31. The van der Waals surface area contributed by atoms with Gasteiger partial charge in [0.25, 0.3) is 0 Å². The van der Waals surface area contributed by atoms with Gasteiger partial charge in [0.1, 0.15) is 11.6 Å². The van der Waals surface area contributed by atoms with Crippen LogP contribution in [-0.2, 0) is 0 Å². The lowest BCUT2D eigenvalue weighted by molar-refractivity contribution is 0.416. The Morgan fingerprint density at radius 3 is 3.00 bits per heavy atom. The van der Waals surface area contributed by atoms with Gasteiger partial charge in [-0.3, -0.25) is 4.98 Å². The normalized spacial score (nSPS) is 12.4. The molecule has 3 nitrogen and oxygen atoms in total. The van der Waals surface area contributed by atoms with E-state index in [1.807, 2.05) is 18.4 Å². The van der Waals surface area contributed by atoms with Gasteiger partial charge in [0.05, 0.1) is 19.3 Å². The molecule has 0 saturated heterocycles. The van der Waals surface area contributed by atoms with Gasteiger partial charge in [-0.05, 0) is 18.7 Å². The maximum absolute atomic E-state index is 13.8. The summed E-state index contributed by atoms with van der Waals surface area (Å²) in [5.74, 6) is 0.503. The number of hydrogen-bond acceptors (Lipinski definition) is 4. The predicted octanol–water partition coefficient (Wildman–Crippen LogP) is 2.99. The maximum Gasteiger partial charge on any atom is 0.146 e. The smallest absolute Gasteiger partial charge is 0.146 e. The van der Waals surface area contributed by atoms with Crippen LogP contribution in [0.3, 0.4) is 0 Å². The van der Waals surface area contributed by atoms with Crippen LogP contribution in [0.1, 0.15) is 23.4 Å². The van der Waals surface area contributed by atoms with E-state index in [-0.39, 0.29) is 11.9 Å². The highest BCUT2D eigenvalue weighted by atomic mass is 32.1. The van der Waals surface area contributed by atoms with Gasteiger partial charge >= 0.3 is 0 Å². The maximum atomic E-state index is 13.8. The zero-order valence-corrected chi connectivity index (χ0v) is 11.1. The summed E-state index contributed by atoms with van der Waals surface area (Å²) in [4.78, 5) is 4.81. The minimum atomic E-state index is -0.296. The largest absolute Gasteiger partial charge is 0.496 e. The SMILES string of the molecule is CCNC(c1cc(OC)cs1)c1ccncc1F. The van der Waals surface area contributed by atoms with E-state index in [4.69, 9.17) is 4.74 Å². The number of pyridine rings is 1. The summed E-state index contributed by atoms with van der Waals surface area (Å²) in [6.07, 6.45) is 2.85. The molecule has 0 spiro atoms. The van der Waals surface area contributed by atoms with E-state index >= 15 is 0 Å². The topological polar surface area (TPSA) is 34.1 Å². The van der Waals surface area contributed by atoms with Crippen molar-refractivity contribution in [3.63, 3.8) is 0 Å². The van der Waals surface area contributed by atoms with E-state index in [0.717, 1.165) is 17.2 Å². The molecule has 2 heterocycles. The molecule has 2 aromatic heterocycles. The molecule has 0 bridgehead atoms. The summed E-state index contributed by atoms with van der Waals surface area (Å²) < 4.78 is 19.0. The van der Waals surface area contributed by atoms with Crippen LogP contribution in [0.15, 0.2) is 29.9 Å². The lowest BCUT2D eigenvalue weighted by Gasteiger charge is -2.17. The fourth-order valence-corrected chi connectivity index (χ4v) is 2.73. The number of nitrogens with zero attached hydrogens (tertiary/aromatic N) is 1. The molecule has 0 aromatic carbocycles. The van der Waals surface area contributed by atoms with Gasteiger partial charge in [0.15, 0.2) is 0 Å². The van der Waals surface area contributed by atoms with Crippen LogP contribution < -0.4 is 10.1 Å². The van der Waals surface area contributed by atoms with Crippen molar-refractivity contribution in [3.05, 3.63) is 46.2 Å². The van der Waals surface area contributed by atoms with Gasteiger partial charge in [-0.15, -0.1) is 11.3 Å². The Labute approximate surface area is 110 Å². The number of halogens is 1. The Morgan fingerprint density at radius 2 is 2.39 bits per heavy atom. The molecule has 0 aliphatic heterocycles. The summed E-state index contributed by atoms with van der Waals surface area (Å²) in [5.41, 5.74) is 0.608. The molecule has 1 unspecified atom stereocenters. The predicted molar refractivity (Wildman–Crippen MR) is 70.6 cm³/mol. The summed E-state index contributed by atoms with van der Waals surface area (Å²) in [6, 6.07) is 3.47. The molecule has 0 amide bonds. The van der Waals surface area contributed by atoms with Gasteiger partial charge in [0.2, 0.25) is 0 Å². The number of nitrogens with one attached hydrogen (secondary N) is 1. The summed E-state index contributed by atoms with van der Waals surface area (Å²) in [5, 5.41) is 5.20. The quantitative estimate of drug-likeness (QED) is 0.903. The Morgan fingerprint density at radius 1 is 1.56 bits per heavy atom. The van der Waals surface area contributed by atoms with Crippen LogP contribution in [0, 0.1) is 5.82 Å². The van der Waals surface area contributed by atoms with Gasteiger partial charge in [0, 0.05) is 22.0 Å². The molecular formula is C13H15FN2OS. The van der Waals surface area contributed by atoms with Crippen molar-refractivity contribution in [2.45, 2.75) is 13.0 Å². The molecule has 0 radical (unpaired) electrons. The number of hydrogen-bond donors (Lipinski definition) is 1. The summed E-state index contributed by atoms with van der Waals surface area (Å²) in [6.45, 7) is 2.75. The van der Waals surface area contributed by atoms with Crippen molar-refractivity contribution >= 4 is 11.3 Å². The summed E-state index contributed by atoms with van der Waals surface area (Å²) >= 11 is 1.55. The average molecular weight is 266 g/mol. The van der Waals surface area contributed by atoms with Crippen molar-refractivity contribution in [1.82, 2.24) is 10.3 Å². The first-order chi connectivity index (χ1) is 8.76. The number of rotatable bonds is 5. The highest BCUT2D eigenvalue weighted by molar-refractivity contribution is 7.10. The second-order valence-corrected chi connectivity index (χ2v) is 4.72. The lowest BCUT2D eigenvalue weighted by atomic mass is 10.1. The standard InChI is InChI=1S/C13H15FN2OS/c1-3-16-13(10-4-5-15-7-11(10)14)12-6-9(17-2)8-18-12/h4-8,13,16H,3H2,1-2H3. The molecule has 0 aliphatic carbocycles. The van der Waals surface area contributed by atoms with Crippen molar-refractivity contribution in [3.8, 4) is 5.75 Å². The van der Waals surface area contributed by atoms with Gasteiger partial charge in [-0.1, -0.05) is 6.92 Å². The summed E-state index contributed by atoms with van der Waals surface area (Å²) in [7, 11) is 1.63. The number of aromatic nitrogens is 1. The second-order valence-electron chi connectivity index (χ2n) is 3.78. The highest BCUT2D eigenvalue weighted by Gasteiger charge is 2.18. The van der Waals surface area contributed by atoms with E-state index in [0.29, 0.717) is 5.56 Å². The molecule has 1 N–H and O–H groups in total. The zero-order chi connectivity index (χ0) is 13.0. The lowest BCUT2D eigenvalue weighted by Crippen LogP contribution is -2.22. The average Bonchev–Trinajstić information content (AvgIpc) is 2.85. The van der Waals surface area contributed by atoms with Crippen molar-refractivity contribution in [2.75, 3.05) is 13.7 Å². The Bertz CT molecular complexity index is 515. The zero-order valence-electron chi connectivity index (χ0n) is 10.3. The molecule has 96 valence electrons. The van der Waals surface area contributed by atoms with Crippen LogP contribution in [0.2, 0.25) is 0 Å². The van der Waals surface area contributed by atoms with E-state index in [1.54, 1.807) is 30.7 Å². The van der Waals surface area contributed by atoms with Crippen LogP contribution >= 0.6 is 11.3 Å². The molecule has 5 heteroatoms.